The molecule has 12 nitrogen and oxygen atoms in total. The number of nitrogens with one attached hydrogen (secondary N) is 1. The molecule has 1 saturated heterocycles. The maximum absolute atomic E-state index is 13.3. The molecule has 0 bridgehead atoms. The molecular weight excluding hydrogens is 596 g/mol. The van der Waals surface area contributed by atoms with Crippen LogP contribution in [0.1, 0.15) is 40.9 Å². The highest BCUT2D eigenvalue weighted by molar-refractivity contribution is 6.07. The molecule has 46 heavy (non-hydrogen) atoms. The van der Waals surface area contributed by atoms with E-state index in [2.05, 4.69) is 5.32 Å². The molecule has 1 fully saturated rings. The number of nitrogens with two attached hydrogens (primary N) is 1. The Morgan fingerprint density at radius 2 is 1.70 bits per heavy atom. The van der Waals surface area contributed by atoms with Gasteiger partial charge in [0.25, 0.3) is 5.91 Å². The van der Waals surface area contributed by atoms with Gasteiger partial charge in [-0.05, 0) is 81.1 Å². The van der Waals surface area contributed by atoms with E-state index in [1.807, 2.05) is 38.1 Å². The zero-order valence-electron chi connectivity index (χ0n) is 26.2. The van der Waals surface area contributed by atoms with Gasteiger partial charge in [-0.3, -0.25) is 4.79 Å². The highest BCUT2D eigenvalue weighted by Crippen LogP contribution is 2.38. The third-order valence-corrected chi connectivity index (χ3v) is 8.15. The van der Waals surface area contributed by atoms with Gasteiger partial charge >= 0.3 is 11.7 Å². The first-order valence-corrected chi connectivity index (χ1v) is 14.5. The minimum absolute atomic E-state index is 0.0145. The maximum Gasteiger partial charge on any atom is 0.404 e. The highest BCUT2D eigenvalue weighted by Gasteiger charge is 2.53. The number of ether oxygens (including phenoxy) is 4. The average Bonchev–Trinajstić information content (AvgIpc) is 2.99. The molecule has 12 heteroatoms. The van der Waals surface area contributed by atoms with Crippen molar-refractivity contribution in [1.82, 2.24) is 0 Å². The Morgan fingerprint density at radius 3 is 2.35 bits per heavy atom. The van der Waals surface area contributed by atoms with Gasteiger partial charge in [0.1, 0.15) is 17.4 Å². The molecule has 3 aromatic carbocycles. The number of amides is 2. The third-order valence-electron chi connectivity index (χ3n) is 8.15. The van der Waals surface area contributed by atoms with Crippen molar-refractivity contribution in [3.8, 4) is 22.6 Å². The van der Waals surface area contributed by atoms with E-state index in [0.29, 0.717) is 5.56 Å². The van der Waals surface area contributed by atoms with Crippen LogP contribution < -0.4 is 21.4 Å². The molecule has 5 N–H and O–H groups in total. The van der Waals surface area contributed by atoms with E-state index in [0.717, 1.165) is 22.3 Å². The molecule has 1 aliphatic heterocycles. The Bertz CT molecular complexity index is 1860. The lowest BCUT2D eigenvalue weighted by Gasteiger charge is -2.47. The summed E-state index contributed by atoms with van der Waals surface area (Å²) in [6.45, 7) is 8.89. The first-order valence-electron chi connectivity index (χ1n) is 14.5. The number of hydrogen-bond donors (Lipinski definition) is 4. The van der Waals surface area contributed by atoms with Crippen LogP contribution in [0.5, 0.6) is 11.5 Å². The van der Waals surface area contributed by atoms with Crippen LogP contribution in [0.3, 0.4) is 0 Å². The Morgan fingerprint density at radius 1 is 1.02 bits per heavy atom. The van der Waals surface area contributed by atoms with Crippen molar-refractivity contribution in [2.24, 2.45) is 5.73 Å². The summed E-state index contributed by atoms with van der Waals surface area (Å²) in [5.41, 5.74) is 7.22. The van der Waals surface area contributed by atoms with Crippen molar-refractivity contribution >= 4 is 28.7 Å². The number of fused-ring (bicyclic) bond motifs is 1. The van der Waals surface area contributed by atoms with Gasteiger partial charge in [-0.2, -0.15) is 0 Å². The van der Waals surface area contributed by atoms with Crippen LogP contribution in [0.4, 0.5) is 10.5 Å². The van der Waals surface area contributed by atoms with Gasteiger partial charge in [-0.25, -0.2) is 9.59 Å². The SMILES string of the molecule is CO[C@@H]1[C@@H](OC(N)=O)[C@@H](O)[C@H](Oc2ccc3c(O)c(NC(=O)c4cccc(-c5c(C)cccc5C)c4)c(=O)oc3c2C)OC1(C)C. The second-order valence-corrected chi connectivity index (χ2v) is 11.7. The minimum Gasteiger partial charge on any atom is -0.505 e. The molecule has 0 saturated carbocycles. The van der Waals surface area contributed by atoms with Crippen LogP contribution in [-0.4, -0.2) is 59.5 Å². The number of benzene rings is 3. The average molecular weight is 633 g/mol. The van der Waals surface area contributed by atoms with E-state index in [9.17, 15) is 24.6 Å². The maximum atomic E-state index is 13.3. The topological polar surface area (TPSA) is 180 Å². The number of rotatable bonds is 7. The molecule has 4 aromatic rings. The minimum atomic E-state index is -1.51. The first-order chi connectivity index (χ1) is 21.7. The molecule has 0 radical (unpaired) electrons. The molecule has 1 aliphatic rings. The van der Waals surface area contributed by atoms with E-state index in [1.165, 1.54) is 19.2 Å². The molecule has 0 aliphatic carbocycles. The molecule has 5 rings (SSSR count). The summed E-state index contributed by atoms with van der Waals surface area (Å²) in [5.74, 6) is -0.961. The second kappa shape index (κ2) is 12.5. The molecular formula is C34H36N2O10. The number of methoxy groups -OCH3 is 1. The monoisotopic (exact) mass is 632 g/mol. The number of aliphatic hydroxyl groups excluding tert-OH is 1. The number of aliphatic hydroxyl groups is 1. The Hall–Kier alpha value is -4.91. The van der Waals surface area contributed by atoms with Gasteiger partial charge in [0.05, 0.1) is 11.0 Å². The molecule has 242 valence electrons. The summed E-state index contributed by atoms with van der Waals surface area (Å²) in [4.78, 5) is 37.9. The van der Waals surface area contributed by atoms with Crippen LogP contribution in [0.25, 0.3) is 22.1 Å². The van der Waals surface area contributed by atoms with Gasteiger partial charge < -0.3 is 44.6 Å². The van der Waals surface area contributed by atoms with Gasteiger partial charge in [-0.15, -0.1) is 0 Å². The van der Waals surface area contributed by atoms with Gasteiger partial charge in [-0.1, -0.05) is 30.3 Å². The summed E-state index contributed by atoms with van der Waals surface area (Å²) in [7, 11) is 1.38. The number of carbonyl (C=O) groups excluding carboxylic acids is 2. The molecule has 0 spiro atoms. The smallest absolute Gasteiger partial charge is 0.404 e. The van der Waals surface area contributed by atoms with Crippen molar-refractivity contribution < 1.29 is 43.2 Å². The number of carbonyl (C=O) groups is 2. The van der Waals surface area contributed by atoms with Crippen molar-refractivity contribution in [1.29, 1.82) is 0 Å². The lowest BCUT2D eigenvalue weighted by molar-refractivity contribution is -0.304. The van der Waals surface area contributed by atoms with Crippen molar-refractivity contribution in [3.05, 3.63) is 87.3 Å². The fraction of sp³-hybridized carbons (Fsp3) is 0.324. The Kier molecular flexibility index (Phi) is 8.81. The molecule has 4 atom stereocenters. The van der Waals surface area contributed by atoms with Crippen LogP contribution in [0, 0.1) is 20.8 Å². The standard InChI is InChI=1S/C34H36N2O10/c1-16-9-7-10-17(2)23(16)19-11-8-12-20(15-19)30(39)36-24-25(37)21-13-14-22(18(3)27(21)44-31(24)40)43-32-26(38)28(45-33(35)41)29(42-6)34(4,5)46-32/h7-15,26,28-29,32,37-38H,1-6H3,(H2,35,41)(H,36,39)/t26-,28+,29-,32-/m1/s1. The fourth-order valence-electron chi connectivity index (χ4n) is 5.94. The van der Waals surface area contributed by atoms with Crippen LogP contribution in [0.2, 0.25) is 0 Å². The quantitative estimate of drug-likeness (QED) is 0.209. The zero-order chi connectivity index (χ0) is 33.5. The third kappa shape index (κ3) is 6.02. The van der Waals surface area contributed by atoms with Crippen molar-refractivity contribution in [3.63, 3.8) is 0 Å². The highest BCUT2D eigenvalue weighted by atomic mass is 16.7. The normalized spacial score (nSPS) is 20.7. The van der Waals surface area contributed by atoms with Crippen LogP contribution in [0.15, 0.2) is 63.8 Å². The molecule has 2 heterocycles. The van der Waals surface area contributed by atoms with E-state index in [4.69, 9.17) is 29.1 Å². The Labute approximate surface area is 264 Å². The van der Waals surface area contributed by atoms with Crippen molar-refractivity contribution in [2.45, 2.75) is 64.8 Å². The lowest BCUT2D eigenvalue weighted by Crippen LogP contribution is -2.65. The van der Waals surface area contributed by atoms with Crippen LogP contribution in [-0.2, 0) is 14.2 Å². The number of hydrogen-bond acceptors (Lipinski definition) is 10. The fourth-order valence-corrected chi connectivity index (χ4v) is 5.94. The summed E-state index contributed by atoms with van der Waals surface area (Å²) in [5, 5.41) is 24.7. The zero-order valence-corrected chi connectivity index (χ0v) is 26.2. The summed E-state index contributed by atoms with van der Waals surface area (Å²) < 4.78 is 28.0. The van der Waals surface area contributed by atoms with E-state index < -0.39 is 59.3 Å². The predicted molar refractivity (Wildman–Crippen MR) is 169 cm³/mol. The van der Waals surface area contributed by atoms with Gasteiger partial charge in [0.2, 0.25) is 6.29 Å². The van der Waals surface area contributed by atoms with Crippen molar-refractivity contribution in [2.75, 3.05) is 12.4 Å². The van der Waals surface area contributed by atoms with Gasteiger partial charge in [0.15, 0.2) is 23.6 Å². The number of primary amides is 1. The molecule has 0 unspecified atom stereocenters. The Balaban J connectivity index is 1.43. The summed E-state index contributed by atoms with van der Waals surface area (Å²) in [6, 6.07) is 15.8. The van der Waals surface area contributed by atoms with Gasteiger partial charge in [0, 0.05) is 18.2 Å². The van der Waals surface area contributed by atoms with E-state index >= 15 is 0 Å². The number of aryl methyl sites for hydroxylation is 3. The lowest BCUT2D eigenvalue weighted by atomic mass is 9.89. The number of aromatic hydroxyl groups is 1. The second-order valence-electron chi connectivity index (χ2n) is 11.7. The first kappa shape index (κ1) is 32.5. The molecule has 1 aromatic heterocycles. The van der Waals surface area contributed by atoms with Crippen LogP contribution >= 0.6 is 0 Å². The largest absolute Gasteiger partial charge is 0.505 e. The summed E-state index contributed by atoms with van der Waals surface area (Å²) >= 11 is 0. The molecule has 2 amide bonds. The number of anilines is 1. The van der Waals surface area contributed by atoms with E-state index in [-0.39, 0.29) is 22.3 Å². The summed E-state index contributed by atoms with van der Waals surface area (Å²) in [6.07, 6.45) is -6.05. The van der Waals surface area contributed by atoms with E-state index in [1.54, 1.807) is 39.0 Å². The predicted octanol–water partition coefficient (Wildman–Crippen LogP) is 4.70.